The molecule has 0 radical (unpaired) electrons. The monoisotopic (exact) mass is 331 g/mol. The van der Waals surface area contributed by atoms with E-state index < -0.39 is 0 Å². The van der Waals surface area contributed by atoms with E-state index in [0.29, 0.717) is 31.9 Å². The topological polar surface area (TPSA) is 65.4 Å². The fourth-order valence-corrected chi connectivity index (χ4v) is 2.50. The van der Waals surface area contributed by atoms with E-state index in [2.05, 4.69) is 10.4 Å². The number of carbonyl (C=O) groups excluding carboxylic acids is 1. The average molecular weight is 331 g/mol. The van der Waals surface area contributed by atoms with Crippen LogP contribution in [0.1, 0.15) is 28.2 Å². The Kier molecular flexibility index (Phi) is 6.96. The Labute approximate surface area is 142 Å². The second kappa shape index (κ2) is 9.20. The Morgan fingerprint density at radius 3 is 2.62 bits per heavy atom. The summed E-state index contributed by atoms with van der Waals surface area (Å²) in [7, 11) is 1.64. The summed E-state index contributed by atoms with van der Waals surface area (Å²) in [6, 6.07) is 9.80. The van der Waals surface area contributed by atoms with Gasteiger partial charge >= 0.3 is 0 Å². The highest BCUT2D eigenvalue weighted by Crippen LogP contribution is 2.17. The lowest BCUT2D eigenvalue weighted by atomic mass is 10.2. The van der Waals surface area contributed by atoms with E-state index in [-0.39, 0.29) is 5.91 Å². The fourth-order valence-electron chi connectivity index (χ4n) is 2.50. The first-order chi connectivity index (χ1) is 11.6. The summed E-state index contributed by atoms with van der Waals surface area (Å²) in [4.78, 5) is 12.4. The van der Waals surface area contributed by atoms with Gasteiger partial charge in [-0.05, 0) is 32.4 Å². The van der Waals surface area contributed by atoms with Gasteiger partial charge in [0.15, 0.2) is 0 Å². The lowest BCUT2D eigenvalue weighted by Gasteiger charge is -2.07. The number of benzene rings is 1. The smallest absolute Gasteiger partial charge is 0.255 e. The van der Waals surface area contributed by atoms with Gasteiger partial charge in [-0.1, -0.05) is 18.2 Å². The van der Waals surface area contributed by atoms with Crippen molar-refractivity contribution in [3.8, 4) is 5.69 Å². The summed E-state index contributed by atoms with van der Waals surface area (Å²) in [6.07, 6.45) is 0.764. The van der Waals surface area contributed by atoms with Crippen molar-refractivity contribution in [3.63, 3.8) is 0 Å². The molecule has 1 aromatic heterocycles. The highest BCUT2D eigenvalue weighted by molar-refractivity contribution is 5.96. The molecule has 24 heavy (non-hydrogen) atoms. The van der Waals surface area contributed by atoms with Crippen molar-refractivity contribution in [2.75, 3.05) is 33.5 Å². The van der Waals surface area contributed by atoms with Crippen LogP contribution in [0.3, 0.4) is 0 Å². The number of nitrogens with zero attached hydrogens (tertiary/aromatic N) is 2. The summed E-state index contributed by atoms with van der Waals surface area (Å²) in [6.45, 7) is 6.10. The van der Waals surface area contributed by atoms with Gasteiger partial charge in [-0.2, -0.15) is 5.10 Å². The molecule has 1 amide bonds. The van der Waals surface area contributed by atoms with Gasteiger partial charge in [0.1, 0.15) is 0 Å². The third kappa shape index (κ3) is 4.66. The van der Waals surface area contributed by atoms with Gasteiger partial charge in [0, 0.05) is 20.3 Å². The number of ether oxygens (including phenoxy) is 2. The molecule has 0 saturated carbocycles. The average Bonchev–Trinajstić information content (AvgIpc) is 2.89. The minimum atomic E-state index is -0.0935. The van der Waals surface area contributed by atoms with Crippen LogP contribution in [0.15, 0.2) is 30.3 Å². The number of rotatable bonds is 9. The summed E-state index contributed by atoms with van der Waals surface area (Å²) in [5.74, 6) is -0.0935. The van der Waals surface area contributed by atoms with Crippen LogP contribution < -0.4 is 5.32 Å². The predicted molar refractivity (Wildman–Crippen MR) is 92.7 cm³/mol. The van der Waals surface area contributed by atoms with Crippen LogP contribution in [0.4, 0.5) is 0 Å². The molecule has 0 aliphatic heterocycles. The van der Waals surface area contributed by atoms with E-state index in [0.717, 1.165) is 23.5 Å². The Hall–Kier alpha value is -2.18. The minimum absolute atomic E-state index is 0.0935. The number of para-hydroxylation sites is 1. The molecule has 6 nitrogen and oxygen atoms in total. The van der Waals surface area contributed by atoms with Gasteiger partial charge in [0.2, 0.25) is 0 Å². The van der Waals surface area contributed by atoms with E-state index in [1.54, 1.807) is 11.8 Å². The van der Waals surface area contributed by atoms with Crippen LogP contribution in [-0.4, -0.2) is 49.2 Å². The molecule has 0 spiro atoms. The number of aromatic nitrogens is 2. The van der Waals surface area contributed by atoms with E-state index in [1.165, 1.54) is 0 Å². The zero-order valence-corrected chi connectivity index (χ0v) is 14.5. The Balaban J connectivity index is 1.92. The molecule has 0 atom stereocenters. The number of carbonyl (C=O) groups is 1. The van der Waals surface area contributed by atoms with Crippen LogP contribution >= 0.6 is 0 Å². The molecule has 130 valence electrons. The Morgan fingerprint density at radius 2 is 1.92 bits per heavy atom. The van der Waals surface area contributed by atoms with Crippen molar-refractivity contribution in [1.82, 2.24) is 15.1 Å². The van der Waals surface area contributed by atoms with Crippen molar-refractivity contribution >= 4 is 5.91 Å². The largest absolute Gasteiger partial charge is 0.382 e. The maximum Gasteiger partial charge on any atom is 0.255 e. The molecular weight excluding hydrogens is 306 g/mol. The molecule has 1 aromatic carbocycles. The van der Waals surface area contributed by atoms with Crippen LogP contribution in [0, 0.1) is 13.8 Å². The molecule has 6 heteroatoms. The van der Waals surface area contributed by atoms with E-state index in [9.17, 15) is 4.79 Å². The maximum absolute atomic E-state index is 12.4. The lowest BCUT2D eigenvalue weighted by molar-refractivity contribution is 0.0688. The van der Waals surface area contributed by atoms with Gasteiger partial charge in [0.25, 0.3) is 5.91 Å². The third-order valence-electron chi connectivity index (χ3n) is 3.70. The number of hydrogen-bond donors (Lipinski definition) is 1. The minimum Gasteiger partial charge on any atom is -0.382 e. The van der Waals surface area contributed by atoms with Crippen LogP contribution in [0.5, 0.6) is 0 Å². The third-order valence-corrected chi connectivity index (χ3v) is 3.70. The number of amides is 1. The van der Waals surface area contributed by atoms with E-state index in [1.807, 2.05) is 44.2 Å². The summed E-state index contributed by atoms with van der Waals surface area (Å²) >= 11 is 0. The highest BCUT2D eigenvalue weighted by atomic mass is 16.5. The second-order valence-electron chi connectivity index (χ2n) is 5.51. The number of nitrogens with one attached hydrogen (secondary N) is 1. The van der Waals surface area contributed by atoms with Crippen molar-refractivity contribution in [3.05, 3.63) is 47.3 Å². The first-order valence-electron chi connectivity index (χ1n) is 8.11. The zero-order chi connectivity index (χ0) is 17.4. The maximum atomic E-state index is 12.4. The van der Waals surface area contributed by atoms with Gasteiger partial charge in [-0.3, -0.25) is 4.79 Å². The highest BCUT2D eigenvalue weighted by Gasteiger charge is 2.18. The van der Waals surface area contributed by atoms with Crippen LogP contribution in [0.25, 0.3) is 5.69 Å². The second-order valence-corrected chi connectivity index (χ2v) is 5.51. The Morgan fingerprint density at radius 1 is 1.17 bits per heavy atom. The van der Waals surface area contributed by atoms with E-state index in [4.69, 9.17) is 9.47 Å². The van der Waals surface area contributed by atoms with Gasteiger partial charge in [0.05, 0.1) is 35.9 Å². The van der Waals surface area contributed by atoms with Crippen molar-refractivity contribution in [2.45, 2.75) is 20.3 Å². The van der Waals surface area contributed by atoms with Crippen molar-refractivity contribution < 1.29 is 14.3 Å². The first-order valence-corrected chi connectivity index (χ1v) is 8.11. The van der Waals surface area contributed by atoms with Gasteiger partial charge in [-0.15, -0.1) is 0 Å². The number of methoxy groups -OCH3 is 1. The van der Waals surface area contributed by atoms with Crippen molar-refractivity contribution in [2.24, 2.45) is 0 Å². The van der Waals surface area contributed by atoms with Crippen molar-refractivity contribution in [1.29, 1.82) is 0 Å². The molecule has 0 saturated heterocycles. The molecule has 2 aromatic rings. The fraction of sp³-hybridized carbons (Fsp3) is 0.444. The summed E-state index contributed by atoms with van der Waals surface area (Å²) in [5.41, 5.74) is 3.15. The van der Waals surface area contributed by atoms with E-state index >= 15 is 0 Å². The molecule has 0 aliphatic rings. The quantitative estimate of drug-likeness (QED) is 0.716. The van der Waals surface area contributed by atoms with Gasteiger partial charge < -0.3 is 14.8 Å². The number of aryl methyl sites for hydroxylation is 1. The molecule has 0 unspecified atom stereocenters. The lowest BCUT2D eigenvalue weighted by Crippen LogP contribution is -2.26. The molecule has 1 N–H and O–H groups in total. The molecule has 0 fully saturated rings. The standard InChI is InChI=1S/C18H25N3O3/c1-14-17(18(22)19-10-7-11-24-13-12-23-3)15(2)21(20-14)16-8-5-4-6-9-16/h4-6,8-9H,7,10-13H2,1-3H3,(H,19,22). The SMILES string of the molecule is COCCOCCCNC(=O)c1c(C)nn(-c2ccccc2)c1C. The molecule has 0 aliphatic carbocycles. The first kappa shape index (κ1) is 18.2. The zero-order valence-electron chi connectivity index (χ0n) is 14.5. The molecule has 2 rings (SSSR count). The molecule has 1 heterocycles. The molecular formula is C18H25N3O3. The summed E-state index contributed by atoms with van der Waals surface area (Å²) in [5, 5.41) is 7.43. The van der Waals surface area contributed by atoms with Gasteiger partial charge in [-0.25, -0.2) is 4.68 Å². The van der Waals surface area contributed by atoms with Crippen LogP contribution in [-0.2, 0) is 9.47 Å². The number of hydrogen-bond acceptors (Lipinski definition) is 4. The van der Waals surface area contributed by atoms with Crippen LogP contribution in [0.2, 0.25) is 0 Å². The Bertz CT molecular complexity index is 653. The molecule has 0 bridgehead atoms. The predicted octanol–water partition coefficient (Wildman–Crippen LogP) is 2.27. The summed E-state index contributed by atoms with van der Waals surface area (Å²) < 4.78 is 12.1. The normalized spacial score (nSPS) is 10.8.